The Labute approximate surface area is 115 Å². The number of nitrogens with zero attached hydrogens (tertiary/aromatic N) is 5. The summed E-state index contributed by atoms with van der Waals surface area (Å²) in [6.45, 7) is 2.79. The summed E-state index contributed by atoms with van der Waals surface area (Å²) in [6, 6.07) is 0. The van der Waals surface area contributed by atoms with Crippen LogP contribution in [0.2, 0.25) is 0 Å². The molecule has 2 rings (SSSR count). The van der Waals surface area contributed by atoms with Crippen LogP contribution in [0.5, 0.6) is 0 Å². The van der Waals surface area contributed by atoms with E-state index in [0.717, 1.165) is 13.1 Å². The van der Waals surface area contributed by atoms with Crippen LogP contribution in [-0.4, -0.2) is 53.3 Å². The molecule has 1 fully saturated rings. The van der Waals surface area contributed by atoms with Crippen LogP contribution in [-0.2, 0) is 4.74 Å². The van der Waals surface area contributed by atoms with E-state index in [9.17, 15) is 0 Å². The maximum absolute atomic E-state index is 5.82. The van der Waals surface area contributed by atoms with Crippen molar-refractivity contribution in [3.63, 3.8) is 0 Å². The second-order valence-electron chi connectivity index (χ2n) is 3.87. The Kier molecular flexibility index (Phi) is 4.19. The molecule has 0 radical (unpaired) electrons. The first-order valence-electron chi connectivity index (χ1n) is 5.68. The number of anilines is 2. The number of nitrogen functional groups attached to an aromatic ring is 1. The van der Waals surface area contributed by atoms with Gasteiger partial charge in [-0.2, -0.15) is 4.98 Å². The molecule has 0 aromatic carbocycles. The molecule has 1 aliphatic rings. The lowest BCUT2D eigenvalue weighted by atomic mass is 10.4. The molecule has 10 nitrogen and oxygen atoms in total. The number of hydrogen-bond donors (Lipinski definition) is 4. The molecule has 19 heavy (non-hydrogen) atoms. The van der Waals surface area contributed by atoms with Gasteiger partial charge in [-0.1, -0.05) is 0 Å². The minimum absolute atomic E-state index is 0.241. The highest BCUT2D eigenvalue weighted by atomic mass is 32.1. The van der Waals surface area contributed by atoms with Crippen molar-refractivity contribution in [2.75, 3.05) is 49.1 Å². The van der Waals surface area contributed by atoms with E-state index in [2.05, 4.69) is 20.9 Å². The van der Waals surface area contributed by atoms with Crippen molar-refractivity contribution in [2.45, 2.75) is 0 Å². The average Bonchev–Trinajstić information content (AvgIpc) is 2.81. The van der Waals surface area contributed by atoms with E-state index in [1.165, 1.54) is 9.91 Å². The predicted octanol–water partition coefficient (Wildman–Crippen LogP) is -2.48. The van der Waals surface area contributed by atoms with Gasteiger partial charge in [-0.15, -0.1) is 9.89 Å². The Bertz CT molecular complexity index is 443. The first-order valence-corrected chi connectivity index (χ1v) is 6.09. The molecule has 11 heteroatoms. The van der Waals surface area contributed by atoms with Crippen LogP contribution in [0.3, 0.4) is 0 Å². The Morgan fingerprint density at radius 3 is 2.79 bits per heavy atom. The van der Waals surface area contributed by atoms with E-state index in [-0.39, 0.29) is 11.1 Å². The first-order chi connectivity index (χ1) is 9.11. The van der Waals surface area contributed by atoms with E-state index in [1.54, 1.807) is 7.05 Å². The van der Waals surface area contributed by atoms with Gasteiger partial charge >= 0.3 is 0 Å². The van der Waals surface area contributed by atoms with E-state index in [0.29, 0.717) is 19.2 Å². The molecule has 2 heterocycles. The molecule has 0 aliphatic carbocycles. The minimum Gasteiger partial charge on any atom is -0.378 e. The number of hydrogen-bond acceptors (Lipinski definition) is 8. The van der Waals surface area contributed by atoms with Gasteiger partial charge in [-0.25, -0.2) is 11.0 Å². The van der Waals surface area contributed by atoms with Crippen LogP contribution in [0.25, 0.3) is 0 Å². The number of morpholine rings is 1. The van der Waals surface area contributed by atoms with Crippen molar-refractivity contribution in [2.24, 2.45) is 5.84 Å². The molecule has 0 spiro atoms. The van der Waals surface area contributed by atoms with Crippen LogP contribution >= 0.6 is 12.2 Å². The fourth-order valence-corrected chi connectivity index (χ4v) is 1.78. The molecule has 1 aromatic heterocycles. The Balaban J connectivity index is 2.09. The molecule has 106 valence electrons. The minimum atomic E-state index is 0.241. The molecule has 0 saturated carbocycles. The predicted molar refractivity (Wildman–Crippen MR) is 74.7 cm³/mol. The van der Waals surface area contributed by atoms with Crippen molar-refractivity contribution < 1.29 is 4.74 Å². The highest BCUT2D eigenvalue weighted by molar-refractivity contribution is 7.80. The van der Waals surface area contributed by atoms with Crippen molar-refractivity contribution in [1.29, 1.82) is 0 Å². The zero-order valence-electron chi connectivity index (χ0n) is 10.5. The second-order valence-corrected chi connectivity index (χ2v) is 4.28. The standard InChI is InChI=1S/C8H17N9OS/c1-15(14-8(19)12-10)17-6(9)11-7(13-17)16-2-4-18-5-3-16/h2-5,10H2,1H3,(H2,9,11,13)(H2,12,14,19). The molecular weight excluding hydrogens is 270 g/mol. The van der Waals surface area contributed by atoms with Crippen molar-refractivity contribution in [1.82, 2.24) is 25.7 Å². The van der Waals surface area contributed by atoms with Gasteiger partial charge in [0.2, 0.25) is 17.0 Å². The molecule has 0 bridgehead atoms. The topological polar surface area (TPSA) is 123 Å². The van der Waals surface area contributed by atoms with Gasteiger partial charge in [0.25, 0.3) is 0 Å². The van der Waals surface area contributed by atoms with Crippen LogP contribution in [0.1, 0.15) is 0 Å². The fourth-order valence-electron chi connectivity index (χ4n) is 1.65. The third-order valence-electron chi connectivity index (χ3n) is 2.58. The Morgan fingerprint density at radius 2 is 2.16 bits per heavy atom. The lowest BCUT2D eigenvalue weighted by Gasteiger charge is -2.25. The third kappa shape index (κ3) is 3.13. The summed E-state index contributed by atoms with van der Waals surface area (Å²) in [5.41, 5.74) is 10.9. The number of ether oxygens (including phenoxy) is 1. The number of aromatic nitrogens is 3. The molecule has 1 aromatic rings. The smallest absolute Gasteiger partial charge is 0.248 e. The van der Waals surface area contributed by atoms with Crippen molar-refractivity contribution in [3.8, 4) is 0 Å². The number of nitrogens with two attached hydrogens (primary N) is 2. The molecule has 6 N–H and O–H groups in total. The maximum atomic E-state index is 5.82. The van der Waals surface area contributed by atoms with E-state index < -0.39 is 0 Å². The van der Waals surface area contributed by atoms with Crippen molar-refractivity contribution >= 4 is 29.2 Å². The second kappa shape index (κ2) is 5.86. The molecular formula is C8H17N9OS. The van der Waals surface area contributed by atoms with Gasteiger partial charge in [0.1, 0.15) is 0 Å². The van der Waals surface area contributed by atoms with Crippen LogP contribution in [0.4, 0.5) is 11.9 Å². The summed E-state index contributed by atoms with van der Waals surface area (Å²) in [5.74, 6) is 5.98. The summed E-state index contributed by atoms with van der Waals surface area (Å²) in [6.07, 6.45) is 0. The van der Waals surface area contributed by atoms with Gasteiger partial charge in [0.15, 0.2) is 0 Å². The maximum Gasteiger partial charge on any atom is 0.248 e. The number of thiocarbonyl (C=S) groups is 1. The van der Waals surface area contributed by atoms with Gasteiger partial charge in [0.05, 0.1) is 13.2 Å². The van der Waals surface area contributed by atoms with Gasteiger partial charge < -0.3 is 15.4 Å². The SMILES string of the molecule is CN(NC(=S)NN)n1nc(N2CCOCC2)nc1N. The molecule has 1 aliphatic heterocycles. The molecule has 0 amide bonds. The lowest BCUT2D eigenvalue weighted by molar-refractivity contribution is 0.122. The zero-order chi connectivity index (χ0) is 13.8. The van der Waals surface area contributed by atoms with Gasteiger partial charge in [-0.3, -0.25) is 10.9 Å². The van der Waals surface area contributed by atoms with Crippen molar-refractivity contribution in [3.05, 3.63) is 0 Å². The van der Waals surface area contributed by atoms with E-state index in [1.807, 2.05) is 4.90 Å². The van der Waals surface area contributed by atoms with Crippen LogP contribution in [0.15, 0.2) is 0 Å². The zero-order valence-corrected chi connectivity index (χ0v) is 11.4. The Hall–Kier alpha value is -1.85. The van der Waals surface area contributed by atoms with E-state index in [4.69, 9.17) is 28.5 Å². The summed E-state index contributed by atoms with van der Waals surface area (Å²) in [5, 5.41) is 6.03. The van der Waals surface area contributed by atoms with Crippen LogP contribution < -0.4 is 32.4 Å². The molecule has 0 unspecified atom stereocenters. The largest absolute Gasteiger partial charge is 0.378 e. The monoisotopic (exact) mass is 287 g/mol. The summed E-state index contributed by atoms with van der Waals surface area (Å²) >= 11 is 4.89. The molecule has 1 saturated heterocycles. The van der Waals surface area contributed by atoms with Crippen LogP contribution in [0, 0.1) is 0 Å². The number of nitrogens with one attached hydrogen (secondary N) is 2. The quantitative estimate of drug-likeness (QED) is 0.270. The average molecular weight is 287 g/mol. The molecule has 0 atom stereocenters. The fraction of sp³-hybridized carbons (Fsp3) is 0.625. The summed E-state index contributed by atoms with van der Waals surface area (Å²) in [7, 11) is 1.69. The highest BCUT2D eigenvalue weighted by Crippen LogP contribution is 2.12. The van der Waals surface area contributed by atoms with Gasteiger partial charge in [0, 0.05) is 20.1 Å². The first kappa shape index (κ1) is 13.6. The summed E-state index contributed by atoms with van der Waals surface area (Å²) in [4.78, 5) is 7.61. The summed E-state index contributed by atoms with van der Waals surface area (Å²) < 4.78 is 5.28. The normalized spacial score (nSPS) is 15.2. The van der Waals surface area contributed by atoms with E-state index >= 15 is 0 Å². The highest BCUT2D eigenvalue weighted by Gasteiger charge is 2.18. The van der Waals surface area contributed by atoms with Gasteiger partial charge in [-0.05, 0) is 12.2 Å². The lowest BCUT2D eigenvalue weighted by Crippen LogP contribution is -2.52. The third-order valence-corrected chi connectivity index (χ3v) is 2.79. The number of rotatable bonds is 3. The Morgan fingerprint density at radius 1 is 1.47 bits per heavy atom. The number of hydrazine groups is 2.